The number of aromatic nitrogens is 2. The predicted octanol–water partition coefficient (Wildman–Crippen LogP) is 2.04. The summed E-state index contributed by atoms with van der Waals surface area (Å²) in [6, 6.07) is 11.1. The highest BCUT2D eigenvalue weighted by atomic mass is 19.1. The van der Waals surface area contributed by atoms with E-state index in [4.69, 9.17) is 0 Å². The first-order valence-corrected chi connectivity index (χ1v) is 7.25. The van der Waals surface area contributed by atoms with Gasteiger partial charge in [0.15, 0.2) is 0 Å². The zero-order valence-electron chi connectivity index (χ0n) is 12.3. The third-order valence-electron chi connectivity index (χ3n) is 3.59. The van der Waals surface area contributed by atoms with Gasteiger partial charge in [-0.25, -0.2) is 4.39 Å². The highest BCUT2D eigenvalue weighted by Gasteiger charge is 2.11. The molecule has 0 saturated carbocycles. The van der Waals surface area contributed by atoms with Crippen LogP contribution in [0.3, 0.4) is 0 Å². The summed E-state index contributed by atoms with van der Waals surface area (Å²) >= 11 is 0. The Morgan fingerprint density at radius 3 is 2.83 bits per heavy atom. The number of rotatable bonds is 5. The van der Waals surface area contributed by atoms with E-state index in [1.165, 1.54) is 12.1 Å². The van der Waals surface area contributed by atoms with Gasteiger partial charge < -0.3 is 10.4 Å². The van der Waals surface area contributed by atoms with Crippen LogP contribution < -0.4 is 5.32 Å². The van der Waals surface area contributed by atoms with E-state index < -0.39 is 6.10 Å². The lowest BCUT2D eigenvalue weighted by Crippen LogP contribution is -2.33. The molecule has 23 heavy (non-hydrogen) atoms. The molecule has 1 aromatic heterocycles. The predicted molar refractivity (Wildman–Crippen MR) is 84.5 cm³/mol. The van der Waals surface area contributed by atoms with Crippen molar-refractivity contribution in [3.8, 4) is 0 Å². The van der Waals surface area contributed by atoms with E-state index in [0.29, 0.717) is 12.0 Å². The van der Waals surface area contributed by atoms with Gasteiger partial charge in [-0.2, -0.15) is 5.10 Å². The number of aliphatic hydroxyl groups is 1. The maximum atomic E-state index is 12.8. The summed E-state index contributed by atoms with van der Waals surface area (Å²) in [6.07, 6.45) is 1.26. The highest BCUT2D eigenvalue weighted by molar-refractivity contribution is 5.97. The molecule has 0 saturated heterocycles. The molecule has 6 heteroatoms. The molecule has 1 amide bonds. The average Bonchev–Trinajstić information content (AvgIpc) is 3.02. The first kappa shape index (κ1) is 15.2. The number of carbonyl (C=O) groups excluding carboxylic acids is 1. The number of benzene rings is 2. The Morgan fingerprint density at radius 1 is 1.26 bits per heavy atom. The number of halogens is 1. The minimum absolute atomic E-state index is 0.125. The van der Waals surface area contributed by atoms with Crippen molar-refractivity contribution < 1.29 is 14.3 Å². The molecule has 0 spiro atoms. The Morgan fingerprint density at radius 2 is 2.04 bits per heavy atom. The first-order chi connectivity index (χ1) is 11.1. The molecule has 5 nitrogen and oxygen atoms in total. The summed E-state index contributed by atoms with van der Waals surface area (Å²) in [5.74, 6) is -0.572. The van der Waals surface area contributed by atoms with Crippen molar-refractivity contribution in [1.29, 1.82) is 0 Å². The van der Waals surface area contributed by atoms with Crippen LogP contribution >= 0.6 is 0 Å². The molecule has 3 rings (SSSR count). The molecule has 0 radical (unpaired) electrons. The molecule has 3 N–H and O–H groups in total. The number of nitrogens with one attached hydrogen (secondary N) is 2. The Bertz CT molecular complexity index is 814. The van der Waals surface area contributed by atoms with Crippen LogP contribution in [0.4, 0.5) is 4.39 Å². The second-order valence-corrected chi connectivity index (χ2v) is 5.37. The monoisotopic (exact) mass is 313 g/mol. The Hall–Kier alpha value is -2.73. The summed E-state index contributed by atoms with van der Waals surface area (Å²) in [4.78, 5) is 12.1. The minimum Gasteiger partial charge on any atom is -0.391 e. The summed E-state index contributed by atoms with van der Waals surface area (Å²) < 4.78 is 12.8. The third-order valence-corrected chi connectivity index (χ3v) is 3.59. The fraction of sp³-hybridized carbons (Fsp3) is 0.176. The summed E-state index contributed by atoms with van der Waals surface area (Å²) in [5.41, 5.74) is 2.18. The van der Waals surface area contributed by atoms with Gasteiger partial charge in [-0.15, -0.1) is 0 Å². The molecule has 1 heterocycles. The summed E-state index contributed by atoms with van der Waals surface area (Å²) in [5, 5.41) is 20.3. The number of aliphatic hydroxyl groups excluding tert-OH is 1. The Balaban J connectivity index is 1.56. The van der Waals surface area contributed by atoms with Gasteiger partial charge >= 0.3 is 0 Å². The topological polar surface area (TPSA) is 78.0 Å². The van der Waals surface area contributed by atoms with Crippen molar-refractivity contribution in [2.24, 2.45) is 0 Å². The molecule has 1 unspecified atom stereocenters. The molecule has 1 atom stereocenters. The maximum Gasteiger partial charge on any atom is 0.251 e. The smallest absolute Gasteiger partial charge is 0.251 e. The van der Waals surface area contributed by atoms with Crippen LogP contribution in [-0.4, -0.2) is 33.9 Å². The largest absolute Gasteiger partial charge is 0.391 e. The number of nitrogens with zero attached hydrogens (tertiary/aromatic N) is 1. The molecule has 0 bridgehead atoms. The normalized spacial score (nSPS) is 12.3. The number of hydrogen-bond acceptors (Lipinski definition) is 3. The molecule has 3 aromatic rings. The van der Waals surface area contributed by atoms with Crippen molar-refractivity contribution in [3.63, 3.8) is 0 Å². The van der Waals surface area contributed by atoms with Gasteiger partial charge in [0.05, 0.1) is 17.8 Å². The molecule has 0 aliphatic carbocycles. The van der Waals surface area contributed by atoms with Crippen LogP contribution in [0.25, 0.3) is 10.9 Å². The second kappa shape index (κ2) is 6.58. The number of hydrogen-bond donors (Lipinski definition) is 3. The highest BCUT2D eigenvalue weighted by Crippen LogP contribution is 2.13. The van der Waals surface area contributed by atoms with Crippen LogP contribution in [0.5, 0.6) is 0 Å². The lowest BCUT2D eigenvalue weighted by atomic mass is 10.1. The quantitative estimate of drug-likeness (QED) is 0.674. The molecule has 2 aromatic carbocycles. The van der Waals surface area contributed by atoms with Gasteiger partial charge in [-0.1, -0.05) is 12.1 Å². The van der Waals surface area contributed by atoms with Gasteiger partial charge in [0, 0.05) is 23.9 Å². The van der Waals surface area contributed by atoms with E-state index in [1.807, 2.05) is 0 Å². The van der Waals surface area contributed by atoms with Gasteiger partial charge in [-0.3, -0.25) is 9.89 Å². The van der Waals surface area contributed by atoms with E-state index in [-0.39, 0.29) is 18.3 Å². The van der Waals surface area contributed by atoms with Gasteiger partial charge in [0.2, 0.25) is 0 Å². The lowest BCUT2D eigenvalue weighted by molar-refractivity contribution is 0.0916. The van der Waals surface area contributed by atoms with E-state index in [9.17, 15) is 14.3 Å². The number of H-pyrrole nitrogens is 1. The standard InChI is InChI=1S/C17H16FN3O2/c18-14-4-1-11(2-5-14)7-15(22)10-19-17(23)12-3-6-16-13(8-12)9-20-21-16/h1-6,8-9,15,22H,7,10H2,(H,19,23)(H,20,21). The maximum absolute atomic E-state index is 12.8. The fourth-order valence-electron chi connectivity index (χ4n) is 2.36. The van der Waals surface area contributed by atoms with Crippen LogP contribution in [0.15, 0.2) is 48.7 Å². The number of amides is 1. The molecular formula is C17H16FN3O2. The van der Waals surface area contributed by atoms with E-state index in [2.05, 4.69) is 15.5 Å². The van der Waals surface area contributed by atoms with Crippen LogP contribution in [0, 0.1) is 5.82 Å². The average molecular weight is 313 g/mol. The van der Waals surface area contributed by atoms with E-state index in [1.54, 1.807) is 36.5 Å². The first-order valence-electron chi connectivity index (χ1n) is 7.25. The molecule has 118 valence electrons. The summed E-state index contributed by atoms with van der Waals surface area (Å²) in [7, 11) is 0. The fourth-order valence-corrected chi connectivity index (χ4v) is 2.36. The number of fused-ring (bicyclic) bond motifs is 1. The minimum atomic E-state index is -0.734. The molecular weight excluding hydrogens is 297 g/mol. The van der Waals surface area contributed by atoms with Crippen molar-refractivity contribution in [2.45, 2.75) is 12.5 Å². The van der Waals surface area contributed by atoms with Crippen LogP contribution in [0.1, 0.15) is 15.9 Å². The van der Waals surface area contributed by atoms with Gasteiger partial charge in [-0.05, 0) is 35.9 Å². The summed E-state index contributed by atoms with van der Waals surface area (Å²) in [6.45, 7) is 0.125. The van der Waals surface area contributed by atoms with Crippen molar-refractivity contribution in [1.82, 2.24) is 15.5 Å². The Labute approximate surface area is 132 Å². The zero-order valence-corrected chi connectivity index (χ0v) is 12.3. The van der Waals surface area contributed by atoms with Crippen LogP contribution in [-0.2, 0) is 6.42 Å². The van der Waals surface area contributed by atoms with Gasteiger partial charge in [0.25, 0.3) is 5.91 Å². The zero-order chi connectivity index (χ0) is 16.2. The number of carbonyl (C=O) groups is 1. The lowest BCUT2D eigenvalue weighted by Gasteiger charge is -2.12. The SMILES string of the molecule is O=C(NCC(O)Cc1ccc(F)cc1)c1ccc2[nH]ncc2c1. The Kier molecular flexibility index (Phi) is 4.34. The van der Waals surface area contributed by atoms with Crippen molar-refractivity contribution in [2.75, 3.05) is 6.54 Å². The molecule has 0 aliphatic rings. The molecule has 0 aliphatic heterocycles. The van der Waals surface area contributed by atoms with Crippen molar-refractivity contribution in [3.05, 3.63) is 65.6 Å². The second-order valence-electron chi connectivity index (χ2n) is 5.37. The molecule has 0 fully saturated rings. The third kappa shape index (κ3) is 3.73. The van der Waals surface area contributed by atoms with Crippen LogP contribution in [0.2, 0.25) is 0 Å². The van der Waals surface area contributed by atoms with Crippen molar-refractivity contribution >= 4 is 16.8 Å². The van der Waals surface area contributed by atoms with Gasteiger partial charge in [0.1, 0.15) is 5.82 Å². The van der Waals surface area contributed by atoms with E-state index >= 15 is 0 Å². The number of aromatic amines is 1. The van der Waals surface area contributed by atoms with E-state index in [0.717, 1.165) is 16.5 Å².